The van der Waals surface area contributed by atoms with E-state index >= 15 is 0 Å². The average Bonchev–Trinajstić information content (AvgIpc) is 3.23. The smallest absolute Gasteiger partial charge is 0.230 e. The van der Waals surface area contributed by atoms with Gasteiger partial charge in [0.15, 0.2) is 0 Å². The summed E-state index contributed by atoms with van der Waals surface area (Å²) in [6.07, 6.45) is 3.54. The third-order valence-electron chi connectivity index (χ3n) is 6.21. The maximum atomic E-state index is 13.0. The molecule has 0 spiro atoms. The summed E-state index contributed by atoms with van der Waals surface area (Å²) >= 11 is 0. The van der Waals surface area contributed by atoms with Crippen molar-refractivity contribution in [2.45, 2.75) is 52.0 Å². The van der Waals surface area contributed by atoms with Crippen molar-refractivity contribution in [3.8, 4) is 0 Å². The first kappa shape index (κ1) is 19.6. The normalized spacial score (nSPS) is 19.8. The highest BCUT2D eigenvalue weighted by atomic mass is 16.2. The molecule has 6 heteroatoms. The van der Waals surface area contributed by atoms with Crippen LogP contribution in [-0.4, -0.2) is 51.2 Å². The fourth-order valence-corrected chi connectivity index (χ4v) is 4.24. The van der Waals surface area contributed by atoms with Gasteiger partial charge in [0, 0.05) is 57.2 Å². The van der Waals surface area contributed by atoms with Crippen LogP contribution in [0, 0.1) is 6.92 Å². The molecular weight excluding hydrogens is 364 g/mol. The Morgan fingerprint density at radius 2 is 1.90 bits per heavy atom. The maximum absolute atomic E-state index is 13.0. The average molecular weight is 393 g/mol. The van der Waals surface area contributed by atoms with Crippen molar-refractivity contribution < 1.29 is 9.59 Å². The summed E-state index contributed by atoms with van der Waals surface area (Å²) in [6, 6.07) is 8.18. The van der Waals surface area contributed by atoms with E-state index in [1.807, 2.05) is 35.1 Å². The molecule has 1 saturated heterocycles. The molecule has 2 amide bonds. The van der Waals surface area contributed by atoms with Gasteiger partial charge in [-0.2, -0.15) is 0 Å². The lowest BCUT2D eigenvalue weighted by Gasteiger charge is -2.30. The highest BCUT2D eigenvalue weighted by Gasteiger charge is 2.30. The van der Waals surface area contributed by atoms with Crippen molar-refractivity contribution in [3.05, 3.63) is 58.7 Å². The molecule has 0 N–H and O–H groups in total. The molecule has 2 atom stereocenters. The first-order chi connectivity index (χ1) is 13.9. The molecule has 2 aromatic rings. The first-order valence-corrected chi connectivity index (χ1v) is 10.4. The van der Waals surface area contributed by atoms with E-state index in [2.05, 4.69) is 24.0 Å². The van der Waals surface area contributed by atoms with E-state index < -0.39 is 0 Å². The number of rotatable bonds is 3. The molecule has 1 aromatic heterocycles. The molecule has 1 aromatic carbocycles. The molecule has 0 aliphatic carbocycles. The zero-order chi connectivity index (χ0) is 20.5. The van der Waals surface area contributed by atoms with Gasteiger partial charge in [0.05, 0.1) is 11.6 Å². The molecule has 152 valence electrons. The van der Waals surface area contributed by atoms with E-state index in [1.165, 1.54) is 5.56 Å². The Bertz CT molecular complexity index is 925. The van der Waals surface area contributed by atoms with Crippen LogP contribution in [0.1, 0.15) is 60.3 Å². The van der Waals surface area contributed by atoms with E-state index in [1.54, 1.807) is 6.92 Å². The minimum absolute atomic E-state index is 0.113. The topological polar surface area (TPSA) is 66.4 Å². The zero-order valence-corrected chi connectivity index (χ0v) is 17.4. The van der Waals surface area contributed by atoms with Crippen LogP contribution >= 0.6 is 0 Å². The van der Waals surface area contributed by atoms with Crippen LogP contribution in [0.4, 0.5) is 0 Å². The molecule has 0 unspecified atom stereocenters. The molecule has 2 aliphatic rings. The van der Waals surface area contributed by atoms with Gasteiger partial charge in [-0.15, -0.1) is 0 Å². The third kappa shape index (κ3) is 4.02. The molecule has 1 fully saturated rings. The van der Waals surface area contributed by atoms with Crippen molar-refractivity contribution >= 4 is 11.8 Å². The highest BCUT2D eigenvalue weighted by molar-refractivity contribution is 5.83. The van der Waals surface area contributed by atoms with E-state index in [4.69, 9.17) is 4.98 Å². The summed E-state index contributed by atoms with van der Waals surface area (Å²) < 4.78 is 0. The predicted octanol–water partition coefficient (Wildman–Crippen LogP) is 2.81. The van der Waals surface area contributed by atoms with Crippen molar-refractivity contribution in [3.63, 3.8) is 0 Å². The zero-order valence-electron chi connectivity index (χ0n) is 17.4. The van der Waals surface area contributed by atoms with Crippen LogP contribution in [0.3, 0.4) is 0 Å². The molecule has 29 heavy (non-hydrogen) atoms. The second-order valence-electron chi connectivity index (χ2n) is 8.29. The Balaban J connectivity index is 1.44. The molecule has 0 bridgehead atoms. The Hall–Kier alpha value is -2.76. The maximum Gasteiger partial charge on any atom is 0.230 e. The standard InChI is InChI=1S/C23H28N4O2/c1-15-4-6-18(7-5-15)16(2)23(29)27-11-9-21-20(14-27)12-24-22(25-21)19-8-10-26(13-19)17(3)28/h4-7,12,16,19H,8-11,13-14H2,1-3H3/t16-,19-/m1/s1. The number of aromatic nitrogens is 2. The largest absolute Gasteiger partial charge is 0.342 e. The van der Waals surface area contributed by atoms with Gasteiger partial charge in [0.1, 0.15) is 5.82 Å². The Morgan fingerprint density at radius 3 is 2.59 bits per heavy atom. The summed E-state index contributed by atoms with van der Waals surface area (Å²) in [6.45, 7) is 8.36. The number of aryl methyl sites for hydroxylation is 1. The molecule has 2 aliphatic heterocycles. The number of benzene rings is 1. The predicted molar refractivity (Wildman–Crippen MR) is 110 cm³/mol. The minimum atomic E-state index is -0.159. The van der Waals surface area contributed by atoms with Crippen LogP contribution in [-0.2, 0) is 22.6 Å². The molecule has 0 radical (unpaired) electrons. The van der Waals surface area contributed by atoms with Gasteiger partial charge in [-0.05, 0) is 25.8 Å². The van der Waals surface area contributed by atoms with Gasteiger partial charge in [-0.3, -0.25) is 9.59 Å². The van der Waals surface area contributed by atoms with E-state index in [0.29, 0.717) is 19.6 Å². The van der Waals surface area contributed by atoms with Crippen LogP contribution in [0.5, 0.6) is 0 Å². The minimum Gasteiger partial charge on any atom is -0.342 e. The highest BCUT2D eigenvalue weighted by Crippen LogP contribution is 2.27. The van der Waals surface area contributed by atoms with Gasteiger partial charge in [0.2, 0.25) is 11.8 Å². The first-order valence-electron chi connectivity index (χ1n) is 10.4. The molecule has 4 rings (SSSR count). The second kappa shape index (κ2) is 7.93. The van der Waals surface area contributed by atoms with Crippen molar-refractivity contribution in [1.29, 1.82) is 0 Å². The van der Waals surface area contributed by atoms with Crippen LogP contribution in [0.25, 0.3) is 0 Å². The Morgan fingerprint density at radius 1 is 1.14 bits per heavy atom. The summed E-state index contributed by atoms with van der Waals surface area (Å²) in [5, 5.41) is 0. The summed E-state index contributed by atoms with van der Waals surface area (Å²) in [4.78, 5) is 37.8. The lowest BCUT2D eigenvalue weighted by atomic mass is 9.97. The van der Waals surface area contributed by atoms with Crippen LogP contribution in [0.2, 0.25) is 0 Å². The second-order valence-corrected chi connectivity index (χ2v) is 8.29. The van der Waals surface area contributed by atoms with E-state index in [0.717, 1.165) is 42.0 Å². The fourth-order valence-electron chi connectivity index (χ4n) is 4.24. The summed E-state index contributed by atoms with van der Waals surface area (Å²) in [7, 11) is 0. The Labute approximate surface area is 172 Å². The SMILES string of the molecule is CC(=O)N1CC[C@@H](c2ncc3c(n2)CCN(C(=O)[C@H](C)c2ccc(C)cc2)C3)C1. The number of nitrogens with zero attached hydrogens (tertiary/aromatic N) is 4. The van der Waals surface area contributed by atoms with Crippen LogP contribution in [0.15, 0.2) is 30.5 Å². The van der Waals surface area contributed by atoms with Crippen molar-refractivity contribution in [2.24, 2.45) is 0 Å². The Kier molecular flexibility index (Phi) is 5.35. The number of fused-ring (bicyclic) bond motifs is 1. The van der Waals surface area contributed by atoms with E-state index in [9.17, 15) is 9.59 Å². The molecule has 6 nitrogen and oxygen atoms in total. The number of carbonyl (C=O) groups excluding carboxylic acids is 2. The number of likely N-dealkylation sites (tertiary alicyclic amines) is 1. The fraction of sp³-hybridized carbons (Fsp3) is 0.478. The third-order valence-corrected chi connectivity index (χ3v) is 6.21. The molecule has 0 saturated carbocycles. The summed E-state index contributed by atoms with van der Waals surface area (Å²) in [5.41, 5.74) is 4.32. The lowest BCUT2D eigenvalue weighted by molar-refractivity contribution is -0.133. The summed E-state index contributed by atoms with van der Waals surface area (Å²) in [5.74, 6) is 1.15. The molecular formula is C23H28N4O2. The van der Waals surface area contributed by atoms with Gasteiger partial charge < -0.3 is 9.80 Å². The van der Waals surface area contributed by atoms with Gasteiger partial charge >= 0.3 is 0 Å². The van der Waals surface area contributed by atoms with Crippen molar-refractivity contribution in [1.82, 2.24) is 19.8 Å². The lowest BCUT2D eigenvalue weighted by Crippen LogP contribution is -2.39. The number of hydrogen-bond donors (Lipinski definition) is 0. The number of hydrogen-bond acceptors (Lipinski definition) is 4. The monoisotopic (exact) mass is 392 g/mol. The van der Waals surface area contributed by atoms with E-state index in [-0.39, 0.29) is 23.7 Å². The quantitative estimate of drug-likeness (QED) is 0.806. The van der Waals surface area contributed by atoms with Crippen molar-refractivity contribution in [2.75, 3.05) is 19.6 Å². The van der Waals surface area contributed by atoms with Gasteiger partial charge in [-0.1, -0.05) is 29.8 Å². The molecule has 3 heterocycles. The van der Waals surface area contributed by atoms with Gasteiger partial charge in [-0.25, -0.2) is 9.97 Å². The number of carbonyl (C=O) groups is 2. The van der Waals surface area contributed by atoms with Crippen LogP contribution < -0.4 is 0 Å². The number of amides is 2. The van der Waals surface area contributed by atoms with Gasteiger partial charge in [0.25, 0.3) is 0 Å².